The number of H-pyrrole nitrogens is 1. The van der Waals surface area contributed by atoms with Gasteiger partial charge >= 0.3 is 11.8 Å². The highest BCUT2D eigenvalue weighted by Crippen LogP contribution is 1.91. The van der Waals surface area contributed by atoms with E-state index in [0.29, 0.717) is 5.82 Å². The Balaban J connectivity index is 2.58. The fraction of sp³-hybridized carbons (Fsp3) is 0. The summed E-state index contributed by atoms with van der Waals surface area (Å²) >= 11 is 0. The van der Waals surface area contributed by atoms with Crippen molar-refractivity contribution in [1.29, 1.82) is 0 Å². The van der Waals surface area contributed by atoms with Crippen LogP contribution in [0.3, 0.4) is 0 Å². The third-order valence-electron chi connectivity index (χ3n) is 1.73. The van der Waals surface area contributed by atoms with Crippen molar-refractivity contribution in [3.63, 3.8) is 0 Å². The third kappa shape index (κ3) is 1.61. The molecule has 0 bridgehead atoms. The Morgan fingerprint density at radius 2 is 2.00 bits per heavy atom. The highest BCUT2D eigenvalue weighted by atomic mass is 16.1. The summed E-state index contributed by atoms with van der Waals surface area (Å²) in [6.07, 6.45) is 3.59. The lowest BCUT2D eigenvalue weighted by atomic mass is 10.4. The number of nitrogen functional groups attached to an aromatic ring is 1. The Bertz CT molecular complexity index is 492. The molecule has 0 aromatic carbocycles. The summed E-state index contributed by atoms with van der Waals surface area (Å²) in [5, 5.41) is 0. The van der Waals surface area contributed by atoms with Gasteiger partial charge in [0.05, 0.1) is 18.5 Å². The lowest BCUT2D eigenvalue weighted by Crippen LogP contribution is -2.32. The Kier molecular flexibility index (Phi) is 1.98. The Labute approximate surface area is 79.9 Å². The average Bonchev–Trinajstić information content (AvgIpc) is 2.18. The van der Waals surface area contributed by atoms with Crippen LogP contribution >= 0.6 is 0 Å². The van der Waals surface area contributed by atoms with Gasteiger partial charge in [-0.3, -0.25) is 9.78 Å². The van der Waals surface area contributed by atoms with Crippen molar-refractivity contribution >= 4 is 5.95 Å². The first kappa shape index (κ1) is 8.43. The molecule has 70 valence electrons. The third-order valence-corrected chi connectivity index (χ3v) is 1.73. The zero-order valence-electron chi connectivity index (χ0n) is 7.34. The second-order valence-corrected chi connectivity index (χ2v) is 2.77. The lowest BCUT2D eigenvalue weighted by molar-refractivity contribution is -0.599. The molecule has 0 aliphatic heterocycles. The summed E-state index contributed by atoms with van der Waals surface area (Å²) in [4.78, 5) is 17.5. The predicted molar refractivity (Wildman–Crippen MR) is 50.8 cm³/mol. The van der Waals surface area contributed by atoms with Crippen LogP contribution in [-0.2, 0) is 0 Å². The van der Waals surface area contributed by atoms with E-state index in [-0.39, 0.29) is 11.5 Å². The number of nitrogens with one attached hydrogen (secondary N) is 1. The minimum Gasteiger partial charge on any atom is -0.348 e. The van der Waals surface area contributed by atoms with E-state index in [0.717, 1.165) is 0 Å². The standard InChI is InChI=1S/C9H8N4O/c10-9-11-7(6-8(14)12-9)13-4-2-1-3-5-13/h1-6H,(H2-,10,11,12,14)/p+1. The summed E-state index contributed by atoms with van der Waals surface area (Å²) in [5.74, 6) is 0.621. The molecule has 2 heterocycles. The fourth-order valence-electron chi connectivity index (χ4n) is 1.15. The number of nitrogens with two attached hydrogens (primary N) is 1. The average molecular weight is 189 g/mol. The lowest BCUT2D eigenvalue weighted by Gasteiger charge is -1.93. The van der Waals surface area contributed by atoms with Crippen molar-refractivity contribution in [3.05, 3.63) is 47.0 Å². The van der Waals surface area contributed by atoms with Gasteiger partial charge in [0, 0.05) is 0 Å². The molecule has 0 atom stereocenters. The fourth-order valence-corrected chi connectivity index (χ4v) is 1.15. The SMILES string of the molecule is Nc1nc(-[n+]2ccccc2)cc(=O)[nH]1. The van der Waals surface area contributed by atoms with E-state index in [1.165, 1.54) is 6.07 Å². The topological polar surface area (TPSA) is 75.7 Å². The molecule has 0 spiro atoms. The van der Waals surface area contributed by atoms with Gasteiger partial charge in [-0.1, -0.05) is 6.07 Å². The predicted octanol–water partition coefficient (Wildman–Crippen LogP) is -0.371. The van der Waals surface area contributed by atoms with E-state index in [9.17, 15) is 4.79 Å². The molecule has 0 fully saturated rings. The minimum atomic E-state index is -0.260. The maximum Gasteiger partial charge on any atom is 0.337 e. The quantitative estimate of drug-likeness (QED) is 0.601. The molecule has 5 nitrogen and oxygen atoms in total. The Hall–Kier alpha value is -2.17. The van der Waals surface area contributed by atoms with Gasteiger partial charge in [-0.15, -0.1) is 0 Å². The minimum absolute atomic E-state index is 0.115. The van der Waals surface area contributed by atoms with E-state index < -0.39 is 0 Å². The number of rotatable bonds is 1. The van der Waals surface area contributed by atoms with Crippen molar-refractivity contribution < 1.29 is 4.57 Å². The number of hydrogen-bond donors (Lipinski definition) is 2. The first-order valence-electron chi connectivity index (χ1n) is 4.09. The van der Waals surface area contributed by atoms with Gasteiger partial charge in [-0.25, -0.2) is 4.57 Å². The molecule has 0 aliphatic rings. The molecule has 0 saturated heterocycles. The molecule has 0 aliphatic carbocycles. The van der Waals surface area contributed by atoms with Crippen molar-refractivity contribution in [2.75, 3.05) is 5.73 Å². The van der Waals surface area contributed by atoms with E-state index in [1.54, 1.807) is 17.0 Å². The molecular formula is C9H9N4O+. The smallest absolute Gasteiger partial charge is 0.337 e. The van der Waals surface area contributed by atoms with Gasteiger partial charge < -0.3 is 5.73 Å². The van der Waals surface area contributed by atoms with E-state index in [1.807, 2.05) is 18.2 Å². The molecule has 2 rings (SSSR count). The van der Waals surface area contributed by atoms with Crippen molar-refractivity contribution in [3.8, 4) is 5.82 Å². The molecule has 5 heteroatoms. The van der Waals surface area contributed by atoms with Gasteiger partial charge in [0.2, 0.25) is 0 Å². The number of anilines is 1. The Morgan fingerprint density at radius 3 is 2.64 bits per heavy atom. The van der Waals surface area contributed by atoms with Gasteiger partial charge in [0.25, 0.3) is 5.56 Å². The van der Waals surface area contributed by atoms with E-state index in [2.05, 4.69) is 9.97 Å². The van der Waals surface area contributed by atoms with Crippen LogP contribution in [0.15, 0.2) is 41.5 Å². The number of nitrogens with zero attached hydrogens (tertiary/aromatic N) is 2. The van der Waals surface area contributed by atoms with Crippen LogP contribution in [0.5, 0.6) is 0 Å². The maximum atomic E-state index is 11.1. The van der Waals surface area contributed by atoms with Crippen LogP contribution in [0.1, 0.15) is 0 Å². The zero-order chi connectivity index (χ0) is 9.97. The molecule has 0 unspecified atom stereocenters. The first-order chi connectivity index (χ1) is 6.75. The highest BCUT2D eigenvalue weighted by molar-refractivity contribution is 5.20. The second-order valence-electron chi connectivity index (χ2n) is 2.77. The molecular weight excluding hydrogens is 180 g/mol. The maximum absolute atomic E-state index is 11.1. The van der Waals surface area contributed by atoms with Gasteiger partial charge in [0.15, 0.2) is 0 Å². The molecule has 0 radical (unpaired) electrons. The van der Waals surface area contributed by atoms with Crippen LogP contribution in [0.25, 0.3) is 5.82 Å². The highest BCUT2D eigenvalue weighted by Gasteiger charge is 2.09. The molecule has 2 aromatic rings. The van der Waals surface area contributed by atoms with Crippen LogP contribution in [0.2, 0.25) is 0 Å². The van der Waals surface area contributed by atoms with Crippen molar-refractivity contribution in [2.45, 2.75) is 0 Å². The second kappa shape index (κ2) is 3.29. The largest absolute Gasteiger partial charge is 0.348 e. The van der Waals surface area contributed by atoms with Gasteiger partial charge in [0.1, 0.15) is 0 Å². The van der Waals surface area contributed by atoms with Gasteiger partial charge in [-0.2, -0.15) is 0 Å². The monoisotopic (exact) mass is 189 g/mol. The number of aromatic nitrogens is 3. The molecule has 3 N–H and O–H groups in total. The van der Waals surface area contributed by atoms with E-state index in [4.69, 9.17) is 5.73 Å². The van der Waals surface area contributed by atoms with Crippen molar-refractivity contribution in [1.82, 2.24) is 9.97 Å². The van der Waals surface area contributed by atoms with Crippen molar-refractivity contribution in [2.24, 2.45) is 0 Å². The van der Waals surface area contributed by atoms with Crippen LogP contribution < -0.4 is 15.9 Å². The normalized spacial score (nSPS) is 10.0. The molecule has 0 saturated carbocycles. The number of aromatic amines is 1. The van der Waals surface area contributed by atoms with Crippen LogP contribution in [-0.4, -0.2) is 9.97 Å². The summed E-state index contributed by atoms with van der Waals surface area (Å²) in [7, 11) is 0. The first-order valence-corrected chi connectivity index (χ1v) is 4.09. The summed E-state index contributed by atoms with van der Waals surface area (Å²) < 4.78 is 1.71. The Morgan fingerprint density at radius 1 is 1.29 bits per heavy atom. The summed E-state index contributed by atoms with van der Waals surface area (Å²) in [5.41, 5.74) is 5.16. The zero-order valence-corrected chi connectivity index (χ0v) is 7.34. The molecule has 0 amide bonds. The number of hydrogen-bond acceptors (Lipinski definition) is 3. The summed E-state index contributed by atoms with van der Waals surface area (Å²) in [6.45, 7) is 0. The van der Waals surface area contributed by atoms with Crippen LogP contribution in [0, 0.1) is 0 Å². The summed E-state index contributed by atoms with van der Waals surface area (Å²) in [6, 6.07) is 6.96. The van der Waals surface area contributed by atoms with Crippen LogP contribution in [0.4, 0.5) is 5.95 Å². The molecule has 2 aromatic heterocycles. The van der Waals surface area contributed by atoms with Gasteiger partial charge in [-0.05, 0) is 17.1 Å². The number of pyridine rings is 1. The molecule has 14 heavy (non-hydrogen) atoms. The van der Waals surface area contributed by atoms with E-state index >= 15 is 0 Å².